The number of aromatic nitrogens is 1. The number of nitrogens with one attached hydrogen (secondary N) is 4. The Labute approximate surface area is 375 Å². The van der Waals surface area contributed by atoms with Crippen LogP contribution in [0.4, 0.5) is 15.9 Å². The Bertz CT molecular complexity index is 2390. The van der Waals surface area contributed by atoms with E-state index in [2.05, 4.69) is 32.8 Å². The first kappa shape index (κ1) is 45.7. The second kappa shape index (κ2) is 17.2. The minimum Gasteiger partial charge on any atom is -0.390 e. The minimum absolute atomic E-state index is 0.0505. The summed E-state index contributed by atoms with van der Waals surface area (Å²) >= 11 is 0. The van der Waals surface area contributed by atoms with Crippen molar-refractivity contribution in [3.63, 3.8) is 0 Å². The number of Topliss-reactive ketones (excluding diaryl/α,β-unsaturated/α-hetero) is 1. The molecule has 5 amide bonds. The molecule has 2 aromatic rings. The summed E-state index contributed by atoms with van der Waals surface area (Å²) in [4.78, 5) is 80.6. The lowest BCUT2D eigenvalue weighted by molar-refractivity contribution is -0.231. The van der Waals surface area contributed by atoms with Crippen LogP contribution in [-0.2, 0) is 44.8 Å². The quantitative estimate of drug-likeness (QED) is 0.150. The summed E-state index contributed by atoms with van der Waals surface area (Å²) in [5.74, 6) is -3.59. The number of nitrogens with zero attached hydrogens (tertiary/aromatic N) is 2. The van der Waals surface area contributed by atoms with Crippen LogP contribution in [0.25, 0.3) is 0 Å². The summed E-state index contributed by atoms with van der Waals surface area (Å²) in [5, 5.41) is 33.2. The van der Waals surface area contributed by atoms with Gasteiger partial charge < -0.3 is 41.0 Å². The average molecular weight is 895 g/mol. The van der Waals surface area contributed by atoms with Crippen molar-refractivity contribution in [3.8, 4) is 0 Å². The first-order valence-electron chi connectivity index (χ1n) is 22.0. The van der Waals surface area contributed by atoms with Gasteiger partial charge in [-0.2, -0.15) is 0 Å². The highest BCUT2D eigenvalue weighted by atomic mass is 19.1. The Hall–Kier alpha value is -5.88. The minimum atomic E-state index is -1.99. The van der Waals surface area contributed by atoms with Gasteiger partial charge in [0.1, 0.15) is 24.5 Å². The van der Waals surface area contributed by atoms with Gasteiger partial charge in [-0.15, -0.1) is 0 Å². The van der Waals surface area contributed by atoms with Crippen molar-refractivity contribution in [2.75, 3.05) is 23.8 Å². The van der Waals surface area contributed by atoms with Crippen LogP contribution in [0, 0.1) is 22.7 Å². The van der Waals surface area contributed by atoms with Crippen molar-refractivity contribution in [2.45, 2.75) is 108 Å². The van der Waals surface area contributed by atoms with Crippen LogP contribution in [0.15, 0.2) is 90.7 Å². The fraction of sp³-hybridized carbons (Fsp3) is 0.479. The molecule has 0 bridgehead atoms. The highest BCUT2D eigenvalue weighted by Crippen LogP contribution is 2.72. The van der Waals surface area contributed by atoms with E-state index in [-0.39, 0.29) is 25.3 Å². The zero-order valence-electron chi connectivity index (χ0n) is 36.8. The Morgan fingerprint density at radius 1 is 0.985 bits per heavy atom. The van der Waals surface area contributed by atoms with Crippen LogP contribution in [0.5, 0.6) is 0 Å². The van der Waals surface area contributed by atoms with Crippen LogP contribution in [0.1, 0.15) is 77.2 Å². The summed E-state index contributed by atoms with van der Waals surface area (Å²) in [6, 6.07) is 8.63. The Kier molecular flexibility index (Phi) is 12.1. The van der Waals surface area contributed by atoms with E-state index in [1.807, 2.05) is 38.1 Å². The number of allylic oxidation sites excluding steroid dienone is 5. The molecule has 6 N–H and O–H groups in total. The number of hydrogen-bond acceptors (Lipinski definition) is 12. The number of amides is 5. The largest absolute Gasteiger partial charge is 0.390 e. The van der Waals surface area contributed by atoms with Gasteiger partial charge in [-0.3, -0.25) is 33.7 Å². The third-order valence-corrected chi connectivity index (χ3v) is 14.8. The molecule has 0 spiro atoms. The number of rotatable bonds is 14. The summed E-state index contributed by atoms with van der Waals surface area (Å²) in [5.41, 5.74) is -2.06. The zero-order valence-corrected chi connectivity index (χ0v) is 36.8. The maximum absolute atomic E-state index is 17.8. The number of alkyl halides is 1. The van der Waals surface area contributed by atoms with Gasteiger partial charge in [-0.05, 0) is 87.8 Å². The third kappa shape index (κ3) is 7.71. The van der Waals surface area contributed by atoms with E-state index in [9.17, 15) is 39.0 Å². The van der Waals surface area contributed by atoms with Crippen LogP contribution < -0.4 is 21.3 Å². The number of fused-ring (bicyclic) bond motifs is 7. The lowest BCUT2D eigenvalue weighted by atomic mass is 9.44. The number of benzene rings is 1. The molecule has 1 aromatic heterocycles. The molecule has 2 aliphatic heterocycles. The molecule has 11 atom stereocenters. The van der Waals surface area contributed by atoms with E-state index >= 15 is 4.39 Å². The van der Waals surface area contributed by atoms with Gasteiger partial charge in [0, 0.05) is 65.9 Å². The van der Waals surface area contributed by atoms with Crippen molar-refractivity contribution in [1.82, 2.24) is 20.5 Å². The molecular weight excluding hydrogens is 840 g/mol. The van der Waals surface area contributed by atoms with Gasteiger partial charge in [0.25, 0.3) is 11.8 Å². The van der Waals surface area contributed by atoms with E-state index in [0.717, 1.165) is 33.8 Å². The smallest absolute Gasteiger partial charge is 0.253 e. The molecule has 0 radical (unpaired) electrons. The van der Waals surface area contributed by atoms with E-state index < -0.39 is 101 Å². The molecule has 8 rings (SSSR count). The van der Waals surface area contributed by atoms with Gasteiger partial charge in [0.15, 0.2) is 23.3 Å². The third-order valence-electron chi connectivity index (χ3n) is 14.8. The Morgan fingerprint density at radius 2 is 1.69 bits per heavy atom. The maximum atomic E-state index is 17.8. The van der Waals surface area contributed by atoms with Crippen molar-refractivity contribution >= 4 is 46.8 Å². The molecule has 3 saturated carbocycles. The standard InChI is InChI=1S/C48H55FN6O10/c1-26-16-18-45(4)31(20-26)9-12-33-34-21-37-48(36(58)25-56,46(34,5)22-35(57)47(33,45)49)65-44(64-37)30-8-13-38(51-24-30)50-23-29-6-10-32(11-7-29)54-43(63)28(3)53-42(62)27(2)52-39(59)17-19-55-40(60)14-15-41(55)61/h6-8,10-11,13-16,18,20,24,27-28,33-35,37,44,56-57H,1,9,12,17,19,21-23,25H2,2-5H3,(H,50,51)(H,52,59)(H,53,62)(H,54,63)/t27-,28-,33-,34-,35-,37+,44+,45-,46-,47-,48+/m0/s1. The molecule has 65 heavy (non-hydrogen) atoms. The topological polar surface area (TPSA) is 226 Å². The van der Waals surface area contributed by atoms with Crippen LogP contribution in [-0.4, -0.2) is 104 Å². The molecule has 6 aliphatic rings. The average Bonchev–Trinajstić information content (AvgIpc) is 3.91. The molecule has 16 nitrogen and oxygen atoms in total. The number of imide groups is 1. The van der Waals surface area contributed by atoms with E-state index in [4.69, 9.17) is 9.47 Å². The number of aliphatic hydroxyl groups is 2. The zero-order chi connectivity index (χ0) is 46.6. The predicted octanol–water partition coefficient (Wildman–Crippen LogP) is 3.64. The summed E-state index contributed by atoms with van der Waals surface area (Å²) in [6.07, 6.45) is 7.42. The summed E-state index contributed by atoms with van der Waals surface area (Å²) in [7, 11) is 0. The van der Waals surface area contributed by atoms with Crippen molar-refractivity contribution in [2.24, 2.45) is 22.7 Å². The number of aliphatic hydroxyl groups excluding tert-OH is 2. The van der Waals surface area contributed by atoms with Crippen molar-refractivity contribution in [3.05, 3.63) is 102 Å². The Balaban J connectivity index is 0.835. The van der Waals surface area contributed by atoms with Crippen LogP contribution >= 0.6 is 0 Å². The highest BCUT2D eigenvalue weighted by Gasteiger charge is 2.79. The molecule has 3 heterocycles. The van der Waals surface area contributed by atoms with Gasteiger partial charge >= 0.3 is 0 Å². The van der Waals surface area contributed by atoms with E-state index in [0.29, 0.717) is 42.9 Å². The Morgan fingerprint density at radius 3 is 2.37 bits per heavy atom. The van der Waals surface area contributed by atoms with Gasteiger partial charge in [-0.1, -0.05) is 49.4 Å². The number of anilines is 2. The predicted molar refractivity (Wildman–Crippen MR) is 234 cm³/mol. The second-order valence-corrected chi connectivity index (χ2v) is 18.5. The number of hydrogen-bond donors (Lipinski definition) is 6. The second-order valence-electron chi connectivity index (χ2n) is 18.5. The number of pyridine rings is 1. The fourth-order valence-corrected chi connectivity index (χ4v) is 11.2. The van der Waals surface area contributed by atoms with Gasteiger partial charge in [0.2, 0.25) is 17.7 Å². The highest BCUT2D eigenvalue weighted by molar-refractivity contribution is 6.13. The van der Waals surface area contributed by atoms with E-state index in [1.165, 1.54) is 13.8 Å². The molecule has 4 fully saturated rings. The van der Waals surface area contributed by atoms with Crippen molar-refractivity contribution in [1.29, 1.82) is 0 Å². The molecule has 0 unspecified atom stereocenters. The first-order valence-corrected chi connectivity index (χ1v) is 22.0. The summed E-state index contributed by atoms with van der Waals surface area (Å²) in [6.45, 7) is 10.2. The normalized spacial score (nSPS) is 33.0. The van der Waals surface area contributed by atoms with Crippen LogP contribution in [0.3, 0.4) is 0 Å². The van der Waals surface area contributed by atoms with Gasteiger partial charge in [0.05, 0.1) is 12.2 Å². The lowest BCUT2D eigenvalue weighted by Crippen LogP contribution is -2.69. The first-order chi connectivity index (χ1) is 30.8. The van der Waals surface area contributed by atoms with Gasteiger partial charge in [-0.25, -0.2) is 9.37 Å². The monoisotopic (exact) mass is 894 g/mol. The van der Waals surface area contributed by atoms with Crippen LogP contribution in [0.2, 0.25) is 0 Å². The van der Waals surface area contributed by atoms with E-state index in [1.54, 1.807) is 36.5 Å². The number of carbonyl (C=O) groups is 6. The number of carbonyl (C=O) groups excluding carboxylic acids is 6. The number of halogens is 1. The number of ether oxygens (including phenoxy) is 2. The fourth-order valence-electron chi connectivity index (χ4n) is 11.2. The molecule has 344 valence electrons. The lowest BCUT2D eigenvalue weighted by Gasteiger charge is -2.62. The summed E-state index contributed by atoms with van der Waals surface area (Å²) < 4.78 is 30.9. The molecule has 4 aliphatic carbocycles. The molecule has 17 heteroatoms. The molecule has 1 saturated heterocycles. The molecule has 1 aromatic carbocycles. The van der Waals surface area contributed by atoms with Crippen molar-refractivity contribution < 1.29 is 52.8 Å². The SMILES string of the molecule is C=C1C=C[C@@]2(C)C(=C1)CC[C@H]1[C@@H]3C[C@H]4O[C@@H](c5ccc(NCc6ccc(NC(=O)[C@H](C)NC(=O)[C@H](C)NC(=O)CCN7C(=O)C=CC7=O)cc6)nc5)O[C@@]4(C(=O)CO)[C@@]3(C)C[C@H](O)[C@@]12F. The maximum Gasteiger partial charge on any atom is 0.253 e. The molecular formula is C48H55FN6O10. The number of ketones is 1.